The fraction of sp³-hybridized carbons (Fsp3) is 0.538. The zero-order chi connectivity index (χ0) is 12.7. The number of benzene rings is 1. The molecule has 2 N–H and O–H groups in total. The molecular weight excluding hydrogens is 234 g/mol. The Labute approximate surface area is 106 Å². The van der Waals surface area contributed by atoms with Crippen molar-refractivity contribution < 1.29 is 8.95 Å². The molecule has 3 nitrogen and oxygen atoms in total. The maximum Gasteiger partial charge on any atom is 0.0589 e. The zero-order valence-electron chi connectivity index (χ0n) is 10.6. The molecule has 1 unspecified atom stereocenters. The van der Waals surface area contributed by atoms with E-state index < -0.39 is 10.8 Å². The Balaban J connectivity index is 2.39. The Hall–Kier alpha value is -0.710. The highest BCUT2D eigenvalue weighted by molar-refractivity contribution is 7.84. The summed E-state index contributed by atoms with van der Waals surface area (Å²) in [5.41, 5.74) is 8.88. The van der Waals surface area contributed by atoms with Gasteiger partial charge in [0, 0.05) is 28.9 Å². The van der Waals surface area contributed by atoms with Crippen molar-refractivity contribution in [2.45, 2.75) is 19.6 Å². The van der Waals surface area contributed by atoms with Gasteiger partial charge in [-0.1, -0.05) is 29.3 Å². The van der Waals surface area contributed by atoms with Gasteiger partial charge in [-0.2, -0.15) is 0 Å². The molecule has 1 aromatic carbocycles. The number of ether oxygens (including phenoxy) is 1. The third-order valence-corrected chi connectivity index (χ3v) is 3.60. The monoisotopic (exact) mass is 255 g/mol. The number of hydrogen-bond donors (Lipinski definition) is 1. The number of hydrogen-bond acceptors (Lipinski definition) is 3. The van der Waals surface area contributed by atoms with Gasteiger partial charge in [0.1, 0.15) is 0 Å². The number of aryl methyl sites for hydroxylation is 2. The quantitative estimate of drug-likeness (QED) is 0.752. The van der Waals surface area contributed by atoms with E-state index in [-0.39, 0.29) is 0 Å². The first-order chi connectivity index (χ1) is 8.11. The Kier molecular flexibility index (Phi) is 6.40. The summed E-state index contributed by atoms with van der Waals surface area (Å²) in [7, 11) is -0.857. The summed E-state index contributed by atoms with van der Waals surface area (Å²) in [6.45, 7) is 5.70. The van der Waals surface area contributed by atoms with E-state index >= 15 is 0 Å². The first-order valence-electron chi connectivity index (χ1n) is 5.82. The molecule has 0 aromatic heterocycles. The van der Waals surface area contributed by atoms with Crippen LogP contribution in [0.15, 0.2) is 18.2 Å². The molecule has 0 amide bonds. The van der Waals surface area contributed by atoms with E-state index in [9.17, 15) is 4.21 Å². The molecule has 0 heterocycles. The average molecular weight is 255 g/mol. The van der Waals surface area contributed by atoms with Gasteiger partial charge in [-0.3, -0.25) is 4.21 Å². The zero-order valence-corrected chi connectivity index (χ0v) is 11.4. The van der Waals surface area contributed by atoms with E-state index in [4.69, 9.17) is 10.5 Å². The highest BCUT2D eigenvalue weighted by Gasteiger charge is 2.03. The lowest BCUT2D eigenvalue weighted by molar-refractivity contribution is 0.157. The lowest BCUT2D eigenvalue weighted by Crippen LogP contribution is -2.13. The minimum Gasteiger partial charge on any atom is -0.379 e. The molecule has 96 valence electrons. The van der Waals surface area contributed by atoms with E-state index in [0.29, 0.717) is 31.3 Å². The SMILES string of the molecule is Cc1cc(C)cc(CS(=O)CCOCCN)c1. The van der Waals surface area contributed by atoms with Gasteiger partial charge in [0.05, 0.1) is 13.2 Å². The Bertz CT molecular complexity index is 359. The molecule has 1 rings (SSSR count). The summed E-state index contributed by atoms with van der Waals surface area (Å²) in [6, 6.07) is 6.30. The van der Waals surface area contributed by atoms with Crippen LogP contribution in [0.2, 0.25) is 0 Å². The minimum absolute atomic E-state index is 0.518. The van der Waals surface area contributed by atoms with Gasteiger partial charge in [-0.15, -0.1) is 0 Å². The highest BCUT2D eigenvalue weighted by Crippen LogP contribution is 2.10. The summed E-state index contributed by atoms with van der Waals surface area (Å²) < 4.78 is 17.0. The maximum absolute atomic E-state index is 11.8. The molecule has 1 aromatic rings. The topological polar surface area (TPSA) is 52.3 Å². The predicted molar refractivity (Wildman–Crippen MR) is 72.5 cm³/mol. The molecule has 0 bridgehead atoms. The van der Waals surface area contributed by atoms with Crippen molar-refractivity contribution in [2.75, 3.05) is 25.5 Å². The smallest absolute Gasteiger partial charge is 0.0589 e. The fourth-order valence-electron chi connectivity index (χ4n) is 1.75. The molecule has 0 aliphatic heterocycles. The first-order valence-corrected chi connectivity index (χ1v) is 7.30. The van der Waals surface area contributed by atoms with Gasteiger partial charge >= 0.3 is 0 Å². The molecule has 1 atom stereocenters. The molecule has 0 saturated carbocycles. The fourth-order valence-corrected chi connectivity index (χ4v) is 2.73. The van der Waals surface area contributed by atoms with E-state index in [0.717, 1.165) is 5.56 Å². The summed E-state index contributed by atoms with van der Waals surface area (Å²) in [6.07, 6.45) is 0. The number of nitrogens with two attached hydrogens (primary N) is 1. The van der Waals surface area contributed by atoms with Crippen molar-refractivity contribution in [2.24, 2.45) is 5.73 Å². The summed E-state index contributed by atoms with van der Waals surface area (Å²) in [4.78, 5) is 0. The van der Waals surface area contributed by atoms with Crippen LogP contribution >= 0.6 is 0 Å². The largest absolute Gasteiger partial charge is 0.379 e. The van der Waals surface area contributed by atoms with Crippen molar-refractivity contribution in [3.8, 4) is 0 Å². The normalized spacial score (nSPS) is 12.6. The standard InChI is InChI=1S/C13H21NO2S/c1-11-7-12(2)9-13(8-11)10-17(15)6-5-16-4-3-14/h7-9H,3-6,10,14H2,1-2H3. The maximum atomic E-state index is 11.8. The Morgan fingerprint density at radius 1 is 1.18 bits per heavy atom. The third-order valence-electron chi connectivity index (χ3n) is 2.33. The molecule has 4 heteroatoms. The van der Waals surface area contributed by atoms with Crippen LogP contribution in [0.5, 0.6) is 0 Å². The van der Waals surface area contributed by atoms with Crippen LogP contribution < -0.4 is 5.73 Å². The Morgan fingerprint density at radius 2 is 1.82 bits per heavy atom. The van der Waals surface area contributed by atoms with Crippen LogP contribution in [0.1, 0.15) is 16.7 Å². The van der Waals surface area contributed by atoms with Gasteiger partial charge in [-0.25, -0.2) is 0 Å². The molecule has 0 spiro atoms. The van der Waals surface area contributed by atoms with Crippen LogP contribution in [0.4, 0.5) is 0 Å². The molecular formula is C13H21NO2S. The van der Waals surface area contributed by atoms with E-state index in [1.807, 2.05) is 0 Å². The van der Waals surface area contributed by atoms with E-state index in [1.54, 1.807) is 0 Å². The van der Waals surface area contributed by atoms with Crippen LogP contribution in [0, 0.1) is 13.8 Å². The summed E-state index contributed by atoms with van der Waals surface area (Å²) in [5, 5.41) is 0. The lowest BCUT2D eigenvalue weighted by Gasteiger charge is -2.06. The van der Waals surface area contributed by atoms with E-state index in [1.165, 1.54) is 11.1 Å². The van der Waals surface area contributed by atoms with Crippen molar-refractivity contribution in [3.05, 3.63) is 34.9 Å². The van der Waals surface area contributed by atoms with Crippen molar-refractivity contribution in [1.82, 2.24) is 0 Å². The predicted octanol–water partition coefficient (Wildman–Crippen LogP) is 1.53. The second-order valence-corrected chi connectivity index (χ2v) is 5.76. The first kappa shape index (κ1) is 14.4. The average Bonchev–Trinajstić information content (AvgIpc) is 2.23. The highest BCUT2D eigenvalue weighted by atomic mass is 32.2. The van der Waals surface area contributed by atoms with Crippen LogP contribution in [0.25, 0.3) is 0 Å². The second-order valence-electron chi connectivity index (χ2n) is 4.19. The summed E-state index contributed by atoms with van der Waals surface area (Å²) >= 11 is 0. The molecule has 0 aliphatic carbocycles. The van der Waals surface area contributed by atoms with Crippen molar-refractivity contribution in [1.29, 1.82) is 0 Å². The second kappa shape index (κ2) is 7.58. The summed E-state index contributed by atoms with van der Waals surface area (Å²) in [5.74, 6) is 1.18. The molecule has 0 radical (unpaired) electrons. The Morgan fingerprint density at radius 3 is 2.41 bits per heavy atom. The van der Waals surface area contributed by atoms with Gasteiger partial charge in [-0.05, 0) is 19.4 Å². The molecule has 17 heavy (non-hydrogen) atoms. The van der Waals surface area contributed by atoms with Crippen LogP contribution in [-0.4, -0.2) is 29.7 Å². The van der Waals surface area contributed by atoms with Gasteiger partial charge in [0.25, 0.3) is 0 Å². The van der Waals surface area contributed by atoms with Gasteiger partial charge in [0.15, 0.2) is 0 Å². The van der Waals surface area contributed by atoms with Crippen molar-refractivity contribution in [3.63, 3.8) is 0 Å². The molecule has 0 aliphatic rings. The molecule has 0 fully saturated rings. The molecule has 0 saturated heterocycles. The van der Waals surface area contributed by atoms with Crippen molar-refractivity contribution >= 4 is 10.8 Å². The van der Waals surface area contributed by atoms with Crippen LogP contribution in [0.3, 0.4) is 0 Å². The third kappa shape index (κ3) is 5.96. The van der Waals surface area contributed by atoms with Gasteiger partial charge in [0.2, 0.25) is 0 Å². The minimum atomic E-state index is -0.857. The lowest BCUT2D eigenvalue weighted by atomic mass is 10.1. The number of rotatable bonds is 7. The van der Waals surface area contributed by atoms with E-state index in [2.05, 4.69) is 32.0 Å². The van der Waals surface area contributed by atoms with Gasteiger partial charge < -0.3 is 10.5 Å². The van der Waals surface area contributed by atoms with Crippen LogP contribution in [-0.2, 0) is 21.3 Å².